The van der Waals surface area contributed by atoms with E-state index in [9.17, 15) is 5.11 Å². The maximum absolute atomic E-state index is 10.4. The molecule has 0 aliphatic heterocycles. The molecule has 0 spiro atoms. The topological polar surface area (TPSA) is 55.5 Å². The first kappa shape index (κ1) is 14.9. The number of aliphatic hydroxyl groups is 1. The Bertz CT molecular complexity index is 578. The molecule has 1 aromatic carbocycles. The van der Waals surface area contributed by atoms with Gasteiger partial charge in [0.25, 0.3) is 0 Å². The number of benzene rings is 1. The van der Waals surface area contributed by atoms with Crippen molar-refractivity contribution in [3.8, 4) is 5.75 Å². The van der Waals surface area contributed by atoms with Crippen LogP contribution in [0.5, 0.6) is 5.75 Å². The summed E-state index contributed by atoms with van der Waals surface area (Å²) in [6.45, 7) is 2.33. The molecule has 5 atom stereocenters. The van der Waals surface area contributed by atoms with E-state index in [2.05, 4.69) is 25.1 Å². The van der Waals surface area contributed by atoms with Crippen molar-refractivity contribution in [3.63, 3.8) is 0 Å². The summed E-state index contributed by atoms with van der Waals surface area (Å²) in [5.41, 5.74) is 3.13. The summed E-state index contributed by atoms with van der Waals surface area (Å²) < 4.78 is 5.37. The molecule has 0 amide bonds. The molecule has 4 heteroatoms. The molecule has 3 N–H and O–H groups in total. The zero-order chi connectivity index (χ0) is 15.3. The maximum atomic E-state index is 10.4. The summed E-state index contributed by atoms with van der Waals surface area (Å²) in [6.07, 6.45) is 6.88. The maximum Gasteiger partial charge on any atom is 0.140 e. The van der Waals surface area contributed by atoms with Crippen molar-refractivity contribution in [2.45, 2.75) is 57.5 Å². The molecule has 0 saturated heterocycles. The van der Waals surface area contributed by atoms with Gasteiger partial charge in [-0.25, -0.2) is 5.14 Å². The number of aryl methyl sites for hydroxylation is 1. The summed E-state index contributed by atoms with van der Waals surface area (Å²) >= 11 is 0.913. The largest absolute Gasteiger partial charge is 0.410 e. The van der Waals surface area contributed by atoms with Crippen LogP contribution in [0.15, 0.2) is 18.2 Å². The minimum atomic E-state index is -0.0859. The van der Waals surface area contributed by atoms with E-state index in [1.165, 1.54) is 30.4 Å². The molecule has 0 aromatic heterocycles. The Morgan fingerprint density at radius 1 is 1.27 bits per heavy atom. The van der Waals surface area contributed by atoms with Crippen LogP contribution in [0.4, 0.5) is 0 Å². The van der Waals surface area contributed by atoms with Gasteiger partial charge in [-0.1, -0.05) is 13.0 Å². The fraction of sp³-hybridized carbons (Fsp3) is 0.667. The molecule has 5 unspecified atom stereocenters. The third-order valence-electron chi connectivity index (χ3n) is 6.79. The molecule has 22 heavy (non-hydrogen) atoms. The number of fused-ring (bicyclic) bond motifs is 5. The Balaban J connectivity index is 1.64. The third-order valence-corrected chi connectivity index (χ3v) is 7.08. The van der Waals surface area contributed by atoms with Crippen LogP contribution in [0, 0.1) is 17.3 Å². The lowest BCUT2D eigenvalue weighted by atomic mass is 9.55. The van der Waals surface area contributed by atoms with Crippen molar-refractivity contribution in [1.29, 1.82) is 0 Å². The van der Waals surface area contributed by atoms with E-state index in [1.54, 1.807) is 0 Å². The highest BCUT2D eigenvalue weighted by molar-refractivity contribution is 7.92. The van der Waals surface area contributed by atoms with Crippen LogP contribution < -0.4 is 9.32 Å². The highest BCUT2D eigenvalue weighted by atomic mass is 32.2. The second-order valence-corrected chi connectivity index (χ2v) is 7.95. The summed E-state index contributed by atoms with van der Waals surface area (Å²) in [6, 6.07) is 6.48. The van der Waals surface area contributed by atoms with Crippen molar-refractivity contribution in [3.05, 3.63) is 29.3 Å². The minimum Gasteiger partial charge on any atom is -0.410 e. The highest BCUT2D eigenvalue weighted by Gasteiger charge is 2.54. The highest BCUT2D eigenvalue weighted by Crippen LogP contribution is 2.60. The first-order chi connectivity index (χ1) is 10.6. The van der Waals surface area contributed by atoms with Gasteiger partial charge in [-0.3, -0.25) is 0 Å². The van der Waals surface area contributed by atoms with Gasteiger partial charge in [0.05, 0.1) is 6.10 Å². The van der Waals surface area contributed by atoms with Crippen LogP contribution in [0.3, 0.4) is 0 Å². The summed E-state index contributed by atoms with van der Waals surface area (Å²) in [7, 11) is 0. The van der Waals surface area contributed by atoms with Gasteiger partial charge in [0.1, 0.15) is 18.0 Å². The Kier molecular flexibility index (Phi) is 3.67. The van der Waals surface area contributed by atoms with E-state index < -0.39 is 0 Å². The Morgan fingerprint density at radius 3 is 2.95 bits per heavy atom. The van der Waals surface area contributed by atoms with Crippen molar-refractivity contribution in [2.75, 3.05) is 0 Å². The fourth-order valence-corrected chi connectivity index (χ4v) is 5.85. The molecule has 3 aliphatic rings. The SMILES string of the molecule is CC12CCC3c4ccc(OSN)cc4CCC3C1CCC2O. The van der Waals surface area contributed by atoms with E-state index in [1.807, 2.05) is 0 Å². The van der Waals surface area contributed by atoms with Gasteiger partial charge in [0, 0.05) is 0 Å². The first-order valence-electron chi connectivity index (χ1n) is 8.48. The molecule has 3 nitrogen and oxygen atoms in total. The van der Waals surface area contributed by atoms with E-state index >= 15 is 0 Å². The van der Waals surface area contributed by atoms with Gasteiger partial charge in [-0.05, 0) is 85.0 Å². The Hall–Kier alpha value is -0.710. The smallest absolute Gasteiger partial charge is 0.140 e. The van der Waals surface area contributed by atoms with Crippen LogP contribution in [0.25, 0.3) is 0 Å². The van der Waals surface area contributed by atoms with Gasteiger partial charge < -0.3 is 9.29 Å². The molecule has 1 aromatic rings. The normalized spacial score (nSPS) is 39.8. The minimum absolute atomic E-state index is 0.0859. The lowest BCUT2D eigenvalue weighted by Crippen LogP contribution is -2.43. The first-order valence-corrected chi connectivity index (χ1v) is 9.28. The van der Waals surface area contributed by atoms with Crippen LogP contribution >= 0.6 is 12.2 Å². The Morgan fingerprint density at radius 2 is 2.14 bits per heavy atom. The van der Waals surface area contributed by atoms with E-state index in [-0.39, 0.29) is 11.5 Å². The zero-order valence-electron chi connectivity index (χ0n) is 13.1. The van der Waals surface area contributed by atoms with Gasteiger partial charge in [-0.2, -0.15) is 0 Å². The number of hydrogen-bond acceptors (Lipinski definition) is 4. The number of hydrogen-bond donors (Lipinski definition) is 2. The number of aliphatic hydroxyl groups excluding tert-OH is 1. The van der Waals surface area contributed by atoms with Crippen LogP contribution in [0.1, 0.15) is 56.1 Å². The van der Waals surface area contributed by atoms with Gasteiger partial charge in [0.2, 0.25) is 0 Å². The standard InChI is InChI=1S/C18H25NO2S/c1-18-9-8-14-13-5-3-12(21-22-19)10-11(13)2-4-15(14)16(18)6-7-17(18)20/h3,5,10,14-17,20H,2,4,6-9,19H2,1H3. The second-order valence-electron chi connectivity index (χ2n) is 7.59. The van der Waals surface area contributed by atoms with Crippen molar-refractivity contribution >= 4 is 12.2 Å². The van der Waals surface area contributed by atoms with Gasteiger partial charge >= 0.3 is 0 Å². The Labute approximate surface area is 137 Å². The van der Waals surface area contributed by atoms with E-state index in [4.69, 9.17) is 9.32 Å². The van der Waals surface area contributed by atoms with E-state index in [0.29, 0.717) is 11.8 Å². The van der Waals surface area contributed by atoms with Crippen molar-refractivity contribution in [1.82, 2.24) is 0 Å². The average Bonchev–Trinajstić information content (AvgIpc) is 2.83. The van der Waals surface area contributed by atoms with Crippen LogP contribution in [-0.4, -0.2) is 11.2 Å². The molecular formula is C18H25NO2S. The molecular weight excluding hydrogens is 294 g/mol. The predicted molar refractivity (Wildman–Crippen MR) is 89.5 cm³/mol. The molecule has 3 aliphatic carbocycles. The second kappa shape index (κ2) is 5.43. The lowest BCUT2D eigenvalue weighted by Gasteiger charge is -2.50. The van der Waals surface area contributed by atoms with E-state index in [0.717, 1.165) is 43.2 Å². The molecule has 120 valence electrons. The fourth-order valence-electron chi connectivity index (χ4n) is 5.64. The monoisotopic (exact) mass is 319 g/mol. The average molecular weight is 319 g/mol. The molecule has 2 saturated carbocycles. The van der Waals surface area contributed by atoms with Crippen molar-refractivity contribution < 1.29 is 9.29 Å². The molecule has 4 rings (SSSR count). The zero-order valence-corrected chi connectivity index (χ0v) is 13.9. The molecule has 2 fully saturated rings. The molecule has 0 heterocycles. The van der Waals surface area contributed by atoms with Crippen molar-refractivity contribution in [2.24, 2.45) is 22.4 Å². The molecule has 0 bridgehead atoms. The van der Waals surface area contributed by atoms with Crippen LogP contribution in [-0.2, 0) is 6.42 Å². The van der Waals surface area contributed by atoms with Gasteiger partial charge in [0.15, 0.2) is 0 Å². The number of nitrogens with two attached hydrogens (primary N) is 1. The lowest BCUT2D eigenvalue weighted by molar-refractivity contribution is -0.0226. The third kappa shape index (κ3) is 2.11. The quantitative estimate of drug-likeness (QED) is 0.643. The summed E-state index contributed by atoms with van der Waals surface area (Å²) in [4.78, 5) is 0. The summed E-state index contributed by atoms with van der Waals surface area (Å²) in [5, 5.41) is 15.8. The predicted octanol–water partition coefficient (Wildman–Crippen LogP) is 3.80. The number of rotatable bonds is 2. The summed E-state index contributed by atoms with van der Waals surface area (Å²) in [5.74, 6) is 2.98. The van der Waals surface area contributed by atoms with Gasteiger partial charge in [-0.15, -0.1) is 0 Å². The van der Waals surface area contributed by atoms with Crippen LogP contribution in [0.2, 0.25) is 0 Å². The molecule has 0 radical (unpaired) electrons.